The number of phenols is 1. The van der Waals surface area contributed by atoms with Gasteiger partial charge in [0.05, 0.1) is 12.6 Å². The van der Waals surface area contributed by atoms with Gasteiger partial charge in [-0.25, -0.2) is 0 Å². The molecule has 1 unspecified atom stereocenters. The van der Waals surface area contributed by atoms with Crippen molar-refractivity contribution in [3.05, 3.63) is 59.2 Å². The van der Waals surface area contributed by atoms with E-state index in [1.807, 2.05) is 51.1 Å². The Bertz CT molecular complexity index is 596. The highest BCUT2D eigenvalue weighted by Crippen LogP contribution is 2.29. The summed E-state index contributed by atoms with van der Waals surface area (Å²) in [6.45, 7) is 7.29. The van der Waals surface area contributed by atoms with E-state index < -0.39 is 0 Å². The van der Waals surface area contributed by atoms with Crippen molar-refractivity contribution < 1.29 is 9.84 Å². The number of benzene rings is 2. The van der Waals surface area contributed by atoms with Crippen LogP contribution in [0.4, 0.5) is 5.69 Å². The molecule has 0 saturated carbocycles. The molecule has 3 nitrogen and oxygen atoms in total. The average Bonchev–Trinajstić information content (AvgIpc) is 2.46. The van der Waals surface area contributed by atoms with Gasteiger partial charge in [-0.3, -0.25) is 0 Å². The molecule has 0 spiro atoms. The summed E-state index contributed by atoms with van der Waals surface area (Å²) in [6.07, 6.45) is 0. The predicted octanol–water partition coefficient (Wildman–Crippen LogP) is 4.41. The summed E-state index contributed by atoms with van der Waals surface area (Å²) in [5, 5.41) is 13.5. The number of para-hydroxylation sites is 1. The average molecular weight is 285 g/mol. The first-order valence-electron chi connectivity index (χ1n) is 7.33. The monoisotopic (exact) mass is 285 g/mol. The standard InChI is InChI=1S/C18H23NO2/c1-4-21-12-15-7-5-6-8-17(15)19-14(3)16-10-9-13(2)11-18(16)20/h5-11,14,19-20H,4,12H2,1-3H3. The highest BCUT2D eigenvalue weighted by molar-refractivity contribution is 5.53. The van der Waals surface area contributed by atoms with Crippen LogP contribution >= 0.6 is 0 Å². The SMILES string of the molecule is CCOCc1ccccc1NC(C)c1ccc(C)cc1O. The fourth-order valence-corrected chi connectivity index (χ4v) is 2.33. The van der Waals surface area contributed by atoms with E-state index in [-0.39, 0.29) is 6.04 Å². The summed E-state index contributed by atoms with van der Waals surface area (Å²) in [4.78, 5) is 0. The van der Waals surface area contributed by atoms with E-state index in [1.165, 1.54) is 0 Å². The summed E-state index contributed by atoms with van der Waals surface area (Å²) in [5.74, 6) is 0.331. The Morgan fingerprint density at radius 3 is 2.67 bits per heavy atom. The second-order valence-electron chi connectivity index (χ2n) is 5.22. The predicted molar refractivity (Wildman–Crippen MR) is 86.7 cm³/mol. The quantitative estimate of drug-likeness (QED) is 0.826. The lowest BCUT2D eigenvalue weighted by Crippen LogP contribution is -2.09. The highest BCUT2D eigenvalue weighted by Gasteiger charge is 2.12. The maximum Gasteiger partial charge on any atom is 0.121 e. The van der Waals surface area contributed by atoms with E-state index in [9.17, 15) is 5.11 Å². The Balaban J connectivity index is 2.17. The Morgan fingerprint density at radius 2 is 1.95 bits per heavy atom. The summed E-state index contributed by atoms with van der Waals surface area (Å²) < 4.78 is 5.50. The number of nitrogens with one attached hydrogen (secondary N) is 1. The van der Waals surface area contributed by atoms with Crippen molar-refractivity contribution in [1.82, 2.24) is 0 Å². The Hall–Kier alpha value is -2.00. The van der Waals surface area contributed by atoms with Crippen LogP contribution in [0.1, 0.15) is 36.6 Å². The van der Waals surface area contributed by atoms with Gasteiger partial charge in [-0.05, 0) is 38.5 Å². The van der Waals surface area contributed by atoms with E-state index >= 15 is 0 Å². The smallest absolute Gasteiger partial charge is 0.121 e. The van der Waals surface area contributed by atoms with Gasteiger partial charge in [0.2, 0.25) is 0 Å². The van der Waals surface area contributed by atoms with Crippen molar-refractivity contribution in [2.75, 3.05) is 11.9 Å². The van der Waals surface area contributed by atoms with E-state index in [1.54, 1.807) is 6.07 Å². The van der Waals surface area contributed by atoms with Crippen LogP contribution in [0.5, 0.6) is 5.75 Å². The molecular formula is C18H23NO2. The Morgan fingerprint density at radius 1 is 1.19 bits per heavy atom. The van der Waals surface area contributed by atoms with Gasteiger partial charge in [0.15, 0.2) is 0 Å². The Kier molecular flexibility index (Phi) is 5.23. The normalized spacial score (nSPS) is 12.1. The van der Waals surface area contributed by atoms with Gasteiger partial charge in [-0.15, -0.1) is 0 Å². The zero-order valence-electron chi connectivity index (χ0n) is 12.9. The molecular weight excluding hydrogens is 262 g/mol. The van der Waals surface area contributed by atoms with E-state index in [4.69, 9.17) is 4.74 Å². The van der Waals surface area contributed by atoms with E-state index in [0.717, 1.165) is 22.4 Å². The number of phenolic OH excluding ortho intramolecular Hbond substituents is 1. The van der Waals surface area contributed by atoms with Crippen molar-refractivity contribution in [2.24, 2.45) is 0 Å². The minimum Gasteiger partial charge on any atom is -0.508 e. The van der Waals surface area contributed by atoms with Gasteiger partial charge < -0.3 is 15.2 Å². The maximum atomic E-state index is 10.1. The molecule has 2 N–H and O–H groups in total. The number of ether oxygens (including phenoxy) is 1. The molecule has 2 rings (SSSR count). The third-order valence-corrected chi connectivity index (χ3v) is 3.50. The van der Waals surface area contributed by atoms with Crippen LogP contribution < -0.4 is 5.32 Å². The summed E-state index contributed by atoms with van der Waals surface area (Å²) in [7, 11) is 0. The number of rotatable bonds is 6. The number of aromatic hydroxyl groups is 1. The van der Waals surface area contributed by atoms with Gasteiger partial charge in [-0.1, -0.05) is 30.3 Å². The fraction of sp³-hybridized carbons (Fsp3) is 0.333. The molecule has 0 aromatic heterocycles. The molecule has 2 aromatic rings. The number of aryl methyl sites for hydroxylation is 1. The van der Waals surface area contributed by atoms with Crippen LogP contribution in [0, 0.1) is 6.92 Å². The van der Waals surface area contributed by atoms with Crippen molar-refractivity contribution in [3.8, 4) is 5.75 Å². The van der Waals surface area contributed by atoms with E-state index in [2.05, 4.69) is 11.4 Å². The zero-order chi connectivity index (χ0) is 15.2. The van der Waals surface area contributed by atoms with Crippen molar-refractivity contribution in [2.45, 2.75) is 33.4 Å². The van der Waals surface area contributed by atoms with Crippen LogP contribution in [0.3, 0.4) is 0 Å². The highest BCUT2D eigenvalue weighted by atomic mass is 16.5. The maximum absolute atomic E-state index is 10.1. The first kappa shape index (κ1) is 15.4. The first-order valence-corrected chi connectivity index (χ1v) is 7.33. The molecule has 0 aliphatic rings. The lowest BCUT2D eigenvalue weighted by molar-refractivity contribution is 0.134. The molecule has 1 atom stereocenters. The summed E-state index contributed by atoms with van der Waals surface area (Å²) in [5.41, 5.74) is 4.11. The van der Waals surface area contributed by atoms with Crippen molar-refractivity contribution >= 4 is 5.69 Å². The Labute approximate surface area is 126 Å². The molecule has 2 aromatic carbocycles. The van der Waals surface area contributed by atoms with Gasteiger partial charge in [0.1, 0.15) is 5.75 Å². The molecule has 0 saturated heterocycles. The molecule has 21 heavy (non-hydrogen) atoms. The summed E-state index contributed by atoms with van der Waals surface area (Å²) >= 11 is 0. The van der Waals surface area contributed by atoms with Crippen molar-refractivity contribution in [1.29, 1.82) is 0 Å². The molecule has 0 aliphatic carbocycles. The largest absolute Gasteiger partial charge is 0.508 e. The number of hydrogen-bond donors (Lipinski definition) is 2. The lowest BCUT2D eigenvalue weighted by Gasteiger charge is -2.19. The van der Waals surface area contributed by atoms with Crippen LogP contribution in [-0.4, -0.2) is 11.7 Å². The van der Waals surface area contributed by atoms with Crippen molar-refractivity contribution in [3.63, 3.8) is 0 Å². The molecule has 0 heterocycles. The zero-order valence-corrected chi connectivity index (χ0v) is 12.9. The number of anilines is 1. The second-order valence-corrected chi connectivity index (χ2v) is 5.22. The third-order valence-electron chi connectivity index (χ3n) is 3.50. The molecule has 112 valence electrons. The van der Waals surface area contributed by atoms with Crippen LogP contribution in [-0.2, 0) is 11.3 Å². The minimum atomic E-state index is 0.0216. The topological polar surface area (TPSA) is 41.5 Å². The molecule has 0 amide bonds. The van der Waals surface area contributed by atoms with Gasteiger partial charge >= 0.3 is 0 Å². The number of hydrogen-bond acceptors (Lipinski definition) is 3. The molecule has 0 aliphatic heterocycles. The van der Waals surface area contributed by atoms with Crippen LogP contribution in [0.15, 0.2) is 42.5 Å². The first-order chi connectivity index (χ1) is 10.1. The van der Waals surface area contributed by atoms with Gasteiger partial charge in [-0.2, -0.15) is 0 Å². The molecule has 0 radical (unpaired) electrons. The third kappa shape index (κ3) is 3.99. The summed E-state index contributed by atoms with van der Waals surface area (Å²) in [6, 6.07) is 13.9. The van der Waals surface area contributed by atoms with Gasteiger partial charge in [0.25, 0.3) is 0 Å². The van der Waals surface area contributed by atoms with Crippen LogP contribution in [0.25, 0.3) is 0 Å². The lowest BCUT2D eigenvalue weighted by atomic mass is 10.0. The minimum absolute atomic E-state index is 0.0216. The second kappa shape index (κ2) is 7.14. The molecule has 0 fully saturated rings. The molecule has 0 bridgehead atoms. The molecule has 3 heteroatoms. The van der Waals surface area contributed by atoms with Gasteiger partial charge in [0, 0.05) is 23.4 Å². The van der Waals surface area contributed by atoms with E-state index in [0.29, 0.717) is 19.0 Å². The van der Waals surface area contributed by atoms with Crippen LogP contribution in [0.2, 0.25) is 0 Å². The fourth-order valence-electron chi connectivity index (χ4n) is 2.33.